The summed E-state index contributed by atoms with van der Waals surface area (Å²) in [7, 11) is 0. The minimum atomic E-state index is -4.83. The predicted octanol–water partition coefficient (Wildman–Crippen LogP) is 5.14. The van der Waals surface area contributed by atoms with Crippen LogP contribution in [0.15, 0.2) is 36.4 Å². The highest BCUT2D eigenvalue weighted by Gasteiger charge is 2.51. The number of nitrogens with zero attached hydrogens (tertiary/aromatic N) is 1. The van der Waals surface area contributed by atoms with Crippen molar-refractivity contribution in [1.82, 2.24) is 4.98 Å². The normalized spacial score (nSPS) is 14.5. The first kappa shape index (κ1) is 17.6. The molecule has 0 bridgehead atoms. The Balaban J connectivity index is 1.86. The molecule has 0 spiro atoms. The van der Waals surface area contributed by atoms with Gasteiger partial charge in [0.1, 0.15) is 17.1 Å². The number of halogens is 5. The molecule has 2 aromatic carbocycles. The Morgan fingerprint density at radius 2 is 1.72 bits per heavy atom. The lowest BCUT2D eigenvalue weighted by Gasteiger charge is -2.26. The fraction of sp³-hybridized carbons (Fsp3) is 0.188. The number of hydrogen-bond donors (Lipinski definition) is 1. The highest BCUT2D eigenvalue weighted by atomic mass is 32.1. The molecule has 0 aliphatic rings. The molecule has 0 aliphatic heterocycles. The van der Waals surface area contributed by atoms with Crippen molar-refractivity contribution >= 4 is 21.6 Å². The van der Waals surface area contributed by atoms with Crippen LogP contribution in [0.4, 0.5) is 22.0 Å². The molecule has 25 heavy (non-hydrogen) atoms. The van der Waals surface area contributed by atoms with Gasteiger partial charge in [-0.1, -0.05) is 23.5 Å². The second-order valence-corrected chi connectivity index (χ2v) is 6.40. The van der Waals surface area contributed by atoms with Crippen molar-refractivity contribution in [1.29, 1.82) is 0 Å². The van der Waals surface area contributed by atoms with E-state index in [2.05, 4.69) is 4.98 Å². The summed E-state index contributed by atoms with van der Waals surface area (Å²) in [5.41, 5.74) is -3.41. The smallest absolute Gasteiger partial charge is 0.421 e. The van der Waals surface area contributed by atoms with Gasteiger partial charge in [-0.25, -0.2) is 8.78 Å². The molecule has 1 atom stereocenters. The summed E-state index contributed by atoms with van der Waals surface area (Å²) in [5, 5.41) is 9.61. The lowest BCUT2D eigenvalue weighted by molar-refractivity contribution is -0.258. The van der Waals surface area contributed by atoms with Crippen molar-refractivity contribution in [2.45, 2.75) is 18.7 Å². The summed E-state index contributed by atoms with van der Waals surface area (Å²) in [4.78, 5) is 3.88. The molecule has 1 unspecified atom stereocenters. The number of hydrogen-bond acceptors (Lipinski definition) is 4. The van der Waals surface area contributed by atoms with E-state index in [1.54, 1.807) is 0 Å². The van der Waals surface area contributed by atoms with Crippen molar-refractivity contribution in [2.24, 2.45) is 0 Å². The van der Waals surface area contributed by atoms with Crippen LogP contribution in [0.2, 0.25) is 0 Å². The zero-order valence-corrected chi connectivity index (χ0v) is 13.4. The van der Waals surface area contributed by atoms with E-state index in [4.69, 9.17) is 4.74 Å². The summed E-state index contributed by atoms with van der Waals surface area (Å²) in [6.45, 7) is 0.647. The number of fused-ring (bicyclic) bond motifs is 1. The predicted molar refractivity (Wildman–Crippen MR) is 81.7 cm³/mol. The van der Waals surface area contributed by atoms with Gasteiger partial charge < -0.3 is 9.84 Å². The molecule has 1 heterocycles. The number of rotatable bonds is 3. The number of aromatic nitrogens is 1. The molecule has 3 nitrogen and oxygen atoms in total. The van der Waals surface area contributed by atoms with Crippen molar-refractivity contribution in [2.75, 3.05) is 0 Å². The average molecular weight is 375 g/mol. The van der Waals surface area contributed by atoms with Crippen LogP contribution in [0.1, 0.15) is 12.5 Å². The van der Waals surface area contributed by atoms with E-state index >= 15 is 0 Å². The maximum Gasteiger partial charge on any atom is 0.421 e. The van der Waals surface area contributed by atoms with Gasteiger partial charge in [0.05, 0.1) is 4.70 Å². The van der Waals surface area contributed by atoms with E-state index in [1.807, 2.05) is 0 Å². The van der Waals surface area contributed by atoms with E-state index in [0.29, 0.717) is 13.0 Å². The number of aliphatic hydroxyl groups is 1. The van der Waals surface area contributed by atoms with Crippen molar-refractivity contribution in [3.63, 3.8) is 0 Å². The monoisotopic (exact) mass is 375 g/mol. The Morgan fingerprint density at radius 3 is 2.32 bits per heavy atom. The summed E-state index contributed by atoms with van der Waals surface area (Å²) in [6, 6.07) is 6.37. The third kappa shape index (κ3) is 3.29. The summed E-state index contributed by atoms with van der Waals surface area (Å²) in [6.07, 6.45) is -4.83. The first-order valence-corrected chi connectivity index (χ1v) is 7.72. The van der Waals surface area contributed by atoms with Crippen LogP contribution in [0.5, 0.6) is 10.9 Å². The third-order valence-corrected chi connectivity index (χ3v) is 4.45. The van der Waals surface area contributed by atoms with Crippen LogP contribution in [-0.4, -0.2) is 16.3 Å². The lowest BCUT2D eigenvalue weighted by Crippen LogP contribution is -2.39. The highest BCUT2D eigenvalue weighted by molar-refractivity contribution is 7.20. The van der Waals surface area contributed by atoms with Gasteiger partial charge in [0.2, 0.25) is 0 Å². The molecule has 3 rings (SSSR count). The van der Waals surface area contributed by atoms with Crippen molar-refractivity contribution in [3.05, 3.63) is 53.6 Å². The SMILES string of the molecule is CC(O)(c1ccc(Oc2nc3c(F)cc(F)cc3s2)cc1)C(F)(F)F. The molecule has 3 aromatic rings. The first-order chi connectivity index (χ1) is 11.6. The molecule has 0 aliphatic carbocycles. The van der Waals surface area contributed by atoms with E-state index in [-0.39, 0.29) is 26.7 Å². The van der Waals surface area contributed by atoms with Crippen LogP contribution >= 0.6 is 11.3 Å². The van der Waals surface area contributed by atoms with Crippen LogP contribution in [-0.2, 0) is 5.60 Å². The molecular formula is C16H10F5NO2S. The molecule has 1 N–H and O–H groups in total. The highest BCUT2D eigenvalue weighted by Crippen LogP contribution is 2.39. The van der Waals surface area contributed by atoms with E-state index in [1.165, 1.54) is 12.1 Å². The molecule has 0 fully saturated rings. The standard InChI is InChI=1S/C16H10F5NO2S/c1-15(23,16(19,20)21)8-2-4-10(5-3-8)24-14-22-13-11(18)6-9(17)7-12(13)25-14/h2-7,23H,1H3. The van der Waals surface area contributed by atoms with Gasteiger partial charge >= 0.3 is 6.18 Å². The minimum absolute atomic E-state index is 0.00910. The van der Waals surface area contributed by atoms with Gasteiger partial charge in [0, 0.05) is 6.07 Å². The maximum absolute atomic E-state index is 13.6. The van der Waals surface area contributed by atoms with E-state index in [0.717, 1.165) is 29.5 Å². The molecule has 132 valence electrons. The Morgan fingerprint density at radius 1 is 1.08 bits per heavy atom. The largest absolute Gasteiger partial charge is 0.431 e. The second kappa shape index (κ2) is 5.92. The van der Waals surface area contributed by atoms with Gasteiger partial charge in [0.15, 0.2) is 11.4 Å². The topological polar surface area (TPSA) is 42.4 Å². The summed E-state index contributed by atoms with van der Waals surface area (Å²) >= 11 is 0.892. The third-order valence-electron chi connectivity index (χ3n) is 3.57. The van der Waals surface area contributed by atoms with E-state index < -0.39 is 23.4 Å². The fourth-order valence-corrected chi connectivity index (χ4v) is 2.97. The molecule has 0 saturated carbocycles. The Labute approximate surface area is 142 Å². The van der Waals surface area contributed by atoms with Crippen molar-refractivity contribution < 1.29 is 31.8 Å². The van der Waals surface area contributed by atoms with Gasteiger partial charge in [-0.3, -0.25) is 0 Å². The molecule has 1 aromatic heterocycles. The van der Waals surface area contributed by atoms with Crippen LogP contribution < -0.4 is 4.74 Å². The van der Waals surface area contributed by atoms with Crippen LogP contribution in [0.25, 0.3) is 10.2 Å². The van der Waals surface area contributed by atoms with Gasteiger partial charge in [0.25, 0.3) is 5.19 Å². The molecule has 9 heteroatoms. The number of alkyl halides is 3. The number of thiazole rings is 1. The van der Waals surface area contributed by atoms with Gasteiger partial charge in [-0.2, -0.15) is 18.2 Å². The molecule has 0 saturated heterocycles. The summed E-state index contributed by atoms with van der Waals surface area (Å²) < 4.78 is 70.8. The molecule has 0 radical (unpaired) electrons. The zero-order valence-electron chi connectivity index (χ0n) is 12.6. The Hall–Kier alpha value is -2.26. The minimum Gasteiger partial charge on any atom is -0.431 e. The Bertz CT molecular complexity index is 919. The maximum atomic E-state index is 13.6. The second-order valence-electron chi connectivity index (χ2n) is 5.41. The number of ether oxygens (including phenoxy) is 1. The quantitative estimate of drug-likeness (QED) is 0.645. The number of benzene rings is 2. The molecule has 0 amide bonds. The zero-order chi connectivity index (χ0) is 18.4. The average Bonchev–Trinajstić information content (AvgIpc) is 2.89. The summed E-state index contributed by atoms with van der Waals surface area (Å²) in [5.74, 6) is -1.45. The molecular weight excluding hydrogens is 365 g/mol. The lowest BCUT2D eigenvalue weighted by atomic mass is 9.95. The van der Waals surface area contributed by atoms with E-state index in [9.17, 15) is 27.1 Å². The van der Waals surface area contributed by atoms with Crippen LogP contribution in [0.3, 0.4) is 0 Å². The van der Waals surface area contributed by atoms with Crippen LogP contribution in [0, 0.1) is 11.6 Å². The first-order valence-electron chi connectivity index (χ1n) is 6.91. The van der Waals surface area contributed by atoms with Gasteiger partial charge in [-0.05, 0) is 30.7 Å². The Kier molecular flexibility index (Phi) is 4.16. The fourth-order valence-electron chi connectivity index (χ4n) is 2.09. The van der Waals surface area contributed by atoms with Crippen molar-refractivity contribution in [3.8, 4) is 10.9 Å². The van der Waals surface area contributed by atoms with Gasteiger partial charge in [-0.15, -0.1) is 0 Å².